The molecule has 120 valence electrons. The van der Waals surface area contributed by atoms with Crippen molar-refractivity contribution in [2.24, 2.45) is 0 Å². The van der Waals surface area contributed by atoms with Gasteiger partial charge in [0, 0.05) is 12.1 Å². The smallest absolute Gasteiger partial charge is 0.312 e. The van der Waals surface area contributed by atoms with Gasteiger partial charge in [0.25, 0.3) is 0 Å². The third-order valence-corrected chi connectivity index (χ3v) is 3.63. The van der Waals surface area contributed by atoms with Crippen molar-refractivity contribution in [3.05, 3.63) is 35.9 Å². The Balaban J connectivity index is 2.99. The zero-order chi connectivity index (χ0) is 15.9. The first-order chi connectivity index (χ1) is 9.92. The van der Waals surface area contributed by atoms with Gasteiger partial charge in [0.15, 0.2) is 0 Å². The summed E-state index contributed by atoms with van der Waals surface area (Å²) < 4.78 is 38.5. The molecule has 0 spiro atoms. The predicted molar refractivity (Wildman–Crippen MR) is 80.2 cm³/mol. The van der Waals surface area contributed by atoms with Crippen molar-refractivity contribution in [2.45, 2.75) is 44.9 Å². The number of benzene rings is 1. The van der Waals surface area contributed by atoms with Crippen LogP contribution in [0.1, 0.15) is 38.3 Å². The van der Waals surface area contributed by atoms with Crippen LogP contribution in [0, 0.1) is 0 Å². The molecule has 1 N–H and O–H groups in total. The van der Waals surface area contributed by atoms with Gasteiger partial charge in [-0.15, -0.1) is 0 Å². The molecule has 2 unspecified atom stereocenters. The minimum Gasteiger partial charge on any atom is -0.312 e. The van der Waals surface area contributed by atoms with Crippen molar-refractivity contribution < 1.29 is 13.2 Å². The molecule has 1 aromatic rings. The highest BCUT2D eigenvalue weighted by molar-refractivity contribution is 5.20. The average Bonchev–Trinajstić information content (AvgIpc) is 2.43. The molecule has 1 aromatic carbocycles. The number of halogens is 3. The van der Waals surface area contributed by atoms with Gasteiger partial charge < -0.3 is 5.32 Å². The molecule has 1 rings (SSSR count). The fraction of sp³-hybridized carbons (Fsp3) is 0.625. The minimum atomic E-state index is -4.17. The van der Waals surface area contributed by atoms with Crippen molar-refractivity contribution >= 4 is 0 Å². The van der Waals surface area contributed by atoms with E-state index in [1.165, 1.54) is 0 Å². The van der Waals surface area contributed by atoms with Crippen LogP contribution in [0.15, 0.2) is 30.3 Å². The highest BCUT2D eigenvalue weighted by atomic mass is 19.4. The molecule has 0 aliphatic carbocycles. The molecule has 0 saturated heterocycles. The molecule has 2 atom stereocenters. The van der Waals surface area contributed by atoms with E-state index in [-0.39, 0.29) is 12.1 Å². The summed E-state index contributed by atoms with van der Waals surface area (Å²) >= 11 is 0. The Labute approximate surface area is 125 Å². The van der Waals surface area contributed by atoms with Crippen molar-refractivity contribution in [3.63, 3.8) is 0 Å². The zero-order valence-electron chi connectivity index (χ0n) is 13.0. The molecule has 0 aliphatic heterocycles. The van der Waals surface area contributed by atoms with E-state index in [0.717, 1.165) is 5.56 Å². The number of nitrogens with zero attached hydrogens (tertiary/aromatic N) is 1. The summed E-state index contributed by atoms with van der Waals surface area (Å²) in [6, 6.07) is 9.38. The maximum absolute atomic E-state index is 12.8. The van der Waals surface area contributed by atoms with E-state index in [1.807, 2.05) is 44.2 Å². The van der Waals surface area contributed by atoms with E-state index in [2.05, 4.69) is 5.32 Å². The van der Waals surface area contributed by atoms with E-state index in [9.17, 15) is 13.2 Å². The van der Waals surface area contributed by atoms with Gasteiger partial charge in [0.1, 0.15) is 0 Å². The first kappa shape index (κ1) is 18.0. The van der Waals surface area contributed by atoms with Crippen LogP contribution in [0.5, 0.6) is 0 Å². The molecule has 5 heteroatoms. The summed E-state index contributed by atoms with van der Waals surface area (Å²) in [5, 5.41) is 3.18. The maximum Gasteiger partial charge on any atom is 0.401 e. The summed E-state index contributed by atoms with van der Waals surface area (Å²) in [6.45, 7) is 3.44. The predicted octanol–water partition coefficient (Wildman–Crippen LogP) is 4.00. The van der Waals surface area contributed by atoms with Crippen molar-refractivity contribution in [2.75, 3.05) is 20.1 Å². The van der Waals surface area contributed by atoms with Gasteiger partial charge in [-0.25, -0.2) is 0 Å². The zero-order valence-corrected chi connectivity index (χ0v) is 13.0. The monoisotopic (exact) mass is 302 g/mol. The third kappa shape index (κ3) is 5.67. The van der Waals surface area contributed by atoms with Crippen molar-refractivity contribution in [1.82, 2.24) is 10.2 Å². The number of hydrogen-bond acceptors (Lipinski definition) is 2. The first-order valence-electron chi connectivity index (χ1n) is 7.45. The van der Waals surface area contributed by atoms with Gasteiger partial charge in [0.2, 0.25) is 0 Å². The van der Waals surface area contributed by atoms with Gasteiger partial charge in [-0.3, -0.25) is 4.90 Å². The van der Waals surface area contributed by atoms with Crippen LogP contribution < -0.4 is 5.32 Å². The van der Waals surface area contributed by atoms with Crippen LogP contribution >= 0.6 is 0 Å². The molecule has 0 fully saturated rings. The molecule has 2 nitrogen and oxygen atoms in total. The van der Waals surface area contributed by atoms with Crippen LogP contribution in [-0.4, -0.2) is 37.3 Å². The number of rotatable bonds is 8. The molecular weight excluding hydrogens is 277 g/mol. The van der Waals surface area contributed by atoms with Crippen LogP contribution in [0.4, 0.5) is 13.2 Å². The average molecular weight is 302 g/mol. The Morgan fingerprint density at radius 1 is 1.14 bits per heavy atom. The van der Waals surface area contributed by atoms with Crippen LogP contribution in [0.25, 0.3) is 0 Å². The summed E-state index contributed by atoms with van der Waals surface area (Å²) in [7, 11) is 1.80. The van der Waals surface area contributed by atoms with Gasteiger partial charge >= 0.3 is 6.18 Å². The number of likely N-dealkylation sites (N-methyl/N-ethyl adjacent to an activating group) is 1. The van der Waals surface area contributed by atoms with Crippen LogP contribution in [0.3, 0.4) is 0 Å². The lowest BCUT2D eigenvalue weighted by molar-refractivity contribution is -0.152. The Kier molecular flexibility index (Phi) is 7.18. The van der Waals surface area contributed by atoms with Crippen LogP contribution in [0.2, 0.25) is 0 Å². The first-order valence-corrected chi connectivity index (χ1v) is 7.45. The van der Waals surface area contributed by atoms with Gasteiger partial charge in [0.05, 0.1) is 6.54 Å². The molecule has 0 aromatic heterocycles. The number of alkyl halides is 3. The summed E-state index contributed by atoms with van der Waals surface area (Å²) in [5.41, 5.74) is 1.02. The molecule has 0 aliphatic rings. The van der Waals surface area contributed by atoms with E-state index in [0.29, 0.717) is 19.4 Å². The standard InChI is InChI=1S/C16H25F3N2/c1-4-11-21(12-16(17,18)19)14(5-2)15(20-3)13-9-7-6-8-10-13/h6-10,14-15,20H,4-5,11-12H2,1-3H3. The Hall–Kier alpha value is -1.07. The summed E-state index contributed by atoms with van der Waals surface area (Å²) in [6.07, 6.45) is -2.80. The second kappa shape index (κ2) is 8.39. The van der Waals surface area contributed by atoms with Gasteiger partial charge in [-0.05, 0) is 32.0 Å². The topological polar surface area (TPSA) is 15.3 Å². The quantitative estimate of drug-likeness (QED) is 0.781. The lowest BCUT2D eigenvalue weighted by Crippen LogP contribution is -2.47. The third-order valence-electron chi connectivity index (χ3n) is 3.63. The number of hydrogen-bond donors (Lipinski definition) is 1. The van der Waals surface area contributed by atoms with Gasteiger partial charge in [-0.2, -0.15) is 13.2 Å². The van der Waals surface area contributed by atoms with E-state index >= 15 is 0 Å². The lowest BCUT2D eigenvalue weighted by Gasteiger charge is -2.37. The normalized spacial score (nSPS) is 15.2. The Morgan fingerprint density at radius 3 is 2.19 bits per heavy atom. The van der Waals surface area contributed by atoms with E-state index < -0.39 is 12.7 Å². The molecule has 0 bridgehead atoms. The molecule has 0 saturated carbocycles. The van der Waals surface area contributed by atoms with Gasteiger partial charge in [-0.1, -0.05) is 44.2 Å². The van der Waals surface area contributed by atoms with Crippen LogP contribution in [-0.2, 0) is 0 Å². The summed E-state index contributed by atoms with van der Waals surface area (Å²) in [5.74, 6) is 0. The van der Waals surface area contributed by atoms with Crippen molar-refractivity contribution in [1.29, 1.82) is 0 Å². The number of nitrogens with one attached hydrogen (secondary N) is 1. The lowest BCUT2D eigenvalue weighted by atomic mass is 9.95. The fourth-order valence-corrected chi connectivity index (χ4v) is 2.83. The molecular formula is C16H25F3N2. The minimum absolute atomic E-state index is 0.106. The summed E-state index contributed by atoms with van der Waals surface area (Å²) in [4.78, 5) is 1.55. The SMILES string of the molecule is CCCN(CC(F)(F)F)C(CC)C(NC)c1ccccc1. The maximum atomic E-state index is 12.8. The Bertz CT molecular complexity index is 392. The molecule has 0 amide bonds. The largest absolute Gasteiger partial charge is 0.401 e. The second-order valence-electron chi connectivity index (χ2n) is 5.24. The Morgan fingerprint density at radius 2 is 1.76 bits per heavy atom. The molecule has 0 radical (unpaired) electrons. The van der Waals surface area contributed by atoms with E-state index in [1.54, 1.807) is 11.9 Å². The highest BCUT2D eigenvalue weighted by Gasteiger charge is 2.35. The van der Waals surface area contributed by atoms with E-state index in [4.69, 9.17) is 0 Å². The second-order valence-corrected chi connectivity index (χ2v) is 5.24. The molecule has 21 heavy (non-hydrogen) atoms. The fourth-order valence-electron chi connectivity index (χ4n) is 2.83. The highest BCUT2D eigenvalue weighted by Crippen LogP contribution is 2.27. The van der Waals surface area contributed by atoms with Crippen molar-refractivity contribution in [3.8, 4) is 0 Å². The molecule has 0 heterocycles.